The first-order valence-corrected chi connectivity index (χ1v) is 9.65. The van der Waals surface area contributed by atoms with Crippen molar-refractivity contribution in [1.82, 2.24) is 14.8 Å². The van der Waals surface area contributed by atoms with E-state index < -0.39 is 0 Å². The van der Waals surface area contributed by atoms with Crippen LogP contribution in [0, 0.1) is 5.82 Å². The average molecular weight is 397 g/mol. The molecule has 0 spiro atoms. The Morgan fingerprint density at radius 1 is 0.867 bits per heavy atom. The van der Waals surface area contributed by atoms with Crippen LogP contribution < -0.4 is 9.47 Å². The van der Waals surface area contributed by atoms with Gasteiger partial charge in [0.15, 0.2) is 11.5 Å². The lowest BCUT2D eigenvalue weighted by atomic mass is 10.0. The van der Waals surface area contributed by atoms with Gasteiger partial charge in [-0.25, -0.2) is 4.39 Å². The van der Waals surface area contributed by atoms with Crippen LogP contribution in [0.4, 0.5) is 4.39 Å². The van der Waals surface area contributed by atoms with Crippen LogP contribution in [0.1, 0.15) is 5.56 Å². The first-order valence-electron chi connectivity index (χ1n) is 9.65. The highest BCUT2D eigenvalue weighted by atomic mass is 19.1. The van der Waals surface area contributed by atoms with Crippen LogP contribution >= 0.6 is 0 Å². The molecule has 6 rings (SSSR count). The van der Waals surface area contributed by atoms with E-state index in [4.69, 9.17) is 9.47 Å². The summed E-state index contributed by atoms with van der Waals surface area (Å²) >= 11 is 0. The molecular weight excluding hydrogens is 381 g/mol. The van der Waals surface area contributed by atoms with Crippen LogP contribution in [0.2, 0.25) is 0 Å². The highest BCUT2D eigenvalue weighted by Gasteiger charge is 2.22. The molecule has 0 atom stereocenters. The quantitative estimate of drug-likeness (QED) is 0.424. The lowest BCUT2D eigenvalue weighted by Gasteiger charge is -2.15. The molecule has 0 saturated carbocycles. The summed E-state index contributed by atoms with van der Waals surface area (Å²) in [5, 5.41) is 9.58. The Kier molecular flexibility index (Phi) is 3.71. The van der Waals surface area contributed by atoms with Gasteiger partial charge in [-0.3, -0.25) is 0 Å². The highest BCUT2D eigenvalue weighted by Crippen LogP contribution is 2.40. The van der Waals surface area contributed by atoms with Crippen LogP contribution in [-0.2, 0) is 6.54 Å². The van der Waals surface area contributed by atoms with Gasteiger partial charge in [0.25, 0.3) is 0 Å². The molecule has 0 aliphatic carbocycles. The van der Waals surface area contributed by atoms with E-state index in [1.165, 1.54) is 12.1 Å². The summed E-state index contributed by atoms with van der Waals surface area (Å²) in [6, 6.07) is 20.7. The molecule has 146 valence electrons. The predicted octanol–water partition coefficient (Wildman–Crippen LogP) is 5.12. The number of halogens is 1. The van der Waals surface area contributed by atoms with Gasteiger partial charge in [0.1, 0.15) is 17.2 Å². The van der Waals surface area contributed by atoms with Crippen molar-refractivity contribution >= 4 is 10.9 Å². The third kappa shape index (κ3) is 2.69. The average Bonchev–Trinajstić information content (AvgIpc) is 3.40. The van der Waals surface area contributed by atoms with Crippen LogP contribution in [-0.4, -0.2) is 21.6 Å². The summed E-state index contributed by atoms with van der Waals surface area (Å²) in [6.07, 6.45) is 2.04. The molecule has 0 radical (unpaired) electrons. The lowest BCUT2D eigenvalue weighted by Crippen LogP contribution is -2.04. The van der Waals surface area contributed by atoms with E-state index in [2.05, 4.69) is 26.9 Å². The largest absolute Gasteiger partial charge is 0.454 e. The first-order chi connectivity index (χ1) is 14.8. The minimum atomic E-state index is -0.297. The lowest BCUT2D eigenvalue weighted by molar-refractivity contribution is 0.174. The number of nitrogens with zero attached hydrogens (tertiary/aromatic N) is 3. The SMILES string of the molecule is Fc1ccc2c(c1)c1nnc(-c3ccc4c(c3)OCO4)c-1cn2Cc1ccccc1. The normalized spacial score (nSPS) is 12.7. The Hall–Kier alpha value is -3.93. The molecule has 3 aliphatic heterocycles. The fourth-order valence-corrected chi connectivity index (χ4v) is 3.98. The van der Waals surface area contributed by atoms with E-state index in [0.29, 0.717) is 23.7 Å². The van der Waals surface area contributed by atoms with Crippen molar-refractivity contribution < 1.29 is 13.9 Å². The van der Waals surface area contributed by atoms with E-state index >= 15 is 0 Å². The van der Waals surface area contributed by atoms with Gasteiger partial charge in [0.05, 0.1) is 5.52 Å². The molecule has 30 heavy (non-hydrogen) atoms. The molecule has 6 heteroatoms. The van der Waals surface area contributed by atoms with Gasteiger partial charge in [-0.15, -0.1) is 10.2 Å². The van der Waals surface area contributed by atoms with Crippen LogP contribution in [0.3, 0.4) is 0 Å². The molecule has 0 N–H and O–H groups in total. The van der Waals surface area contributed by atoms with E-state index in [1.54, 1.807) is 6.07 Å². The highest BCUT2D eigenvalue weighted by molar-refractivity contribution is 5.98. The molecule has 3 aliphatic rings. The van der Waals surface area contributed by atoms with E-state index in [0.717, 1.165) is 33.3 Å². The fourth-order valence-electron chi connectivity index (χ4n) is 3.98. The van der Waals surface area contributed by atoms with Crippen molar-refractivity contribution in [3.8, 4) is 34.0 Å². The number of aromatic nitrogens is 3. The Morgan fingerprint density at radius 3 is 2.60 bits per heavy atom. The summed E-state index contributed by atoms with van der Waals surface area (Å²) in [6.45, 7) is 0.873. The molecule has 0 aromatic heterocycles. The maximum Gasteiger partial charge on any atom is 0.231 e. The molecule has 3 aromatic rings. The molecule has 0 amide bonds. The van der Waals surface area contributed by atoms with Crippen LogP contribution in [0.5, 0.6) is 11.5 Å². The number of hydrogen-bond acceptors (Lipinski definition) is 4. The maximum absolute atomic E-state index is 14.1. The molecule has 0 fully saturated rings. The van der Waals surface area contributed by atoms with Crippen LogP contribution in [0.25, 0.3) is 33.4 Å². The maximum atomic E-state index is 14.1. The van der Waals surface area contributed by atoms with E-state index in [-0.39, 0.29) is 12.6 Å². The zero-order valence-electron chi connectivity index (χ0n) is 15.9. The summed E-state index contributed by atoms with van der Waals surface area (Å²) < 4.78 is 27.2. The van der Waals surface area contributed by atoms with Gasteiger partial charge in [0, 0.05) is 29.3 Å². The van der Waals surface area contributed by atoms with Crippen molar-refractivity contribution in [3.63, 3.8) is 0 Å². The third-order valence-electron chi connectivity index (χ3n) is 5.41. The summed E-state index contributed by atoms with van der Waals surface area (Å²) in [5.74, 6) is 1.11. The van der Waals surface area contributed by atoms with Gasteiger partial charge in [0.2, 0.25) is 6.79 Å². The van der Waals surface area contributed by atoms with Crippen molar-refractivity contribution in [2.45, 2.75) is 6.54 Å². The fraction of sp³-hybridized carbons (Fsp3) is 0.0833. The zero-order chi connectivity index (χ0) is 20.1. The van der Waals surface area contributed by atoms with Crippen molar-refractivity contribution in [3.05, 3.63) is 84.3 Å². The molecule has 0 unspecified atom stereocenters. The number of rotatable bonds is 3. The number of pyridine rings is 1. The topological polar surface area (TPSA) is 49.2 Å². The van der Waals surface area contributed by atoms with E-state index in [9.17, 15) is 4.39 Å². The van der Waals surface area contributed by atoms with Gasteiger partial charge >= 0.3 is 0 Å². The monoisotopic (exact) mass is 397 g/mol. The Bertz CT molecular complexity index is 1360. The Balaban J connectivity index is 1.57. The molecule has 3 aromatic carbocycles. The number of fused-ring (bicyclic) bond motifs is 4. The predicted molar refractivity (Wildman–Crippen MR) is 111 cm³/mol. The third-order valence-corrected chi connectivity index (χ3v) is 5.41. The number of ether oxygens (including phenoxy) is 2. The van der Waals surface area contributed by atoms with Gasteiger partial charge in [-0.2, -0.15) is 0 Å². The molecule has 0 bridgehead atoms. The molecule has 5 nitrogen and oxygen atoms in total. The number of benzene rings is 3. The van der Waals surface area contributed by atoms with Gasteiger partial charge < -0.3 is 14.0 Å². The van der Waals surface area contributed by atoms with Crippen LogP contribution in [0.15, 0.2) is 72.9 Å². The van der Waals surface area contributed by atoms with Gasteiger partial charge in [-0.05, 0) is 42.0 Å². The minimum Gasteiger partial charge on any atom is -0.454 e. The summed E-state index contributed by atoms with van der Waals surface area (Å²) in [7, 11) is 0. The first kappa shape index (κ1) is 17.0. The van der Waals surface area contributed by atoms with E-state index in [1.807, 2.05) is 42.6 Å². The molecule has 0 saturated heterocycles. The van der Waals surface area contributed by atoms with Crippen molar-refractivity contribution in [2.75, 3.05) is 6.79 Å². The zero-order valence-corrected chi connectivity index (χ0v) is 15.9. The minimum absolute atomic E-state index is 0.215. The summed E-state index contributed by atoms with van der Waals surface area (Å²) in [4.78, 5) is 0. The van der Waals surface area contributed by atoms with Gasteiger partial charge in [-0.1, -0.05) is 30.3 Å². The second-order valence-corrected chi connectivity index (χ2v) is 7.28. The Morgan fingerprint density at radius 2 is 1.70 bits per heavy atom. The number of hydrogen-bond donors (Lipinski definition) is 0. The second-order valence-electron chi connectivity index (χ2n) is 7.28. The molecular formula is C24H16FN3O2. The molecule has 3 heterocycles. The van der Waals surface area contributed by atoms with Crippen molar-refractivity contribution in [1.29, 1.82) is 0 Å². The Labute approximate surface area is 171 Å². The smallest absolute Gasteiger partial charge is 0.231 e. The second kappa shape index (κ2) is 6.56. The summed E-state index contributed by atoms with van der Waals surface area (Å²) in [5.41, 5.74) is 5.22. The van der Waals surface area contributed by atoms with Crippen molar-refractivity contribution in [2.24, 2.45) is 0 Å². The standard InChI is InChI=1S/C24H16FN3O2/c25-17-7-8-20-18(11-17)24-19(13-28(20)12-15-4-2-1-3-5-15)23(26-27-24)16-6-9-21-22(10-16)30-14-29-21/h1-11,13H,12,14H2.